The zero-order valence-corrected chi connectivity index (χ0v) is 21.4. The smallest absolute Gasteiger partial charge is 0.427 e. The number of aryl methyl sites for hydroxylation is 1. The van der Waals surface area contributed by atoms with E-state index in [1.54, 1.807) is 36.4 Å². The molecular formula is C28H14F6N2OS2. The summed E-state index contributed by atoms with van der Waals surface area (Å²) in [6, 6.07) is 15.1. The number of hydrogen-bond donors (Lipinski definition) is 0. The summed E-state index contributed by atoms with van der Waals surface area (Å²) in [5, 5.41) is -0.295. The van der Waals surface area contributed by atoms with E-state index in [4.69, 9.17) is 4.74 Å². The molecule has 6 aromatic rings. The maximum atomic E-state index is 15.1. The second-order valence-electron chi connectivity index (χ2n) is 8.71. The average molecular weight is 573 g/mol. The molecule has 2 heterocycles. The summed E-state index contributed by atoms with van der Waals surface area (Å²) in [5.41, 5.74) is 2.41. The Bertz CT molecular complexity index is 1880. The molecule has 0 unspecified atom stereocenters. The zero-order valence-electron chi connectivity index (χ0n) is 19.7. The predicted molar refractivity (Wildman–Crippen MR) is 139 cm³/mol. The average Bonchev–Trinajstić information content (AvgIpc) is 3.51. The Morgan fingerprint density at radius 2 is 1.38 bits per heavy atom. The molecule has 0 fully saturated rings. The second-order valence-corrected chi connectivity index (χ2v) is 10.8. The highest BCUT2D eigenvalue weighted by atomic mass is 32.1. The number of alkyl halides is 2. The first-order valence-electron chi connectivity index (χ1n) is 11.4. The van der Waals surface area contributed by atoms with Crippen LogP contribution in [-0.2, 0) is 6.11 Å². The van der Waals surface area contributed by atoms with Crippen LogP contribution in [0.15, 0.2) is 66.7 Å². The third kappa shape index (κ3) is 4.72. The number of halogens is 6. The number of fused-ring (bicyclic) bond motifs is 2. The largest absolute Gasteiger partial charge is 0.454 e. The summed E-state index contributed by atoms with van der Waals surface area (Å²) in [7, 11) is 0. The molecule has 0 aliphatic rings. The number of nitrogens with zero attached hydrogens (tertiary/aromatic N) is 2. The first-order valence-corrected chi connectivity index (χ1v) is 13.0. The Hall–Kier alpha value is -3.96. The van der Waals surface area contributed by atoms with Gasteiger partial charge in [-0.15, -0.1) is 22.7 Å². The van der Waals surface area contributed by atoms with E-state index in [1.807, 2.05) is 6.92 Å². The molecular weight excluding hydrogens is 558 g/mol. The van der Waals surface area contributed by atoms with E-state index < -0.39 is 34.4 Å². The van der Waals surface area contributed by atoms with Gasteiger partial charge in [-0.25, -0.2) is 27.5 Å². The summed E-state index contributed by atoms with van der Waals surface area (Å²) < 4.78 is 91.4. The molecule has 0 aliphatic carbocycles. The molecule has 0 saturated heterocycles. The molecule has 0 atom stereocenters. The van der Waals surface area contributed by atoms with Crippen molar-refractivity contribution < 1.29 is 31.1 Å². The summed E-state index contributed by atoms with van der Waals surface area (Å²) in [4.78, 5) is 8.28. The fourth-order valence-electron chi connectivity index (χ4n) is 4.04. The second kappa shape index (κ2) is 9.35. The minimum Gasteiger partial charge on any atom is -0.427 e. The van der Waals surface area contributed by atoms with Crippen LogP contribution in [0.1, 0.15) is 10.6 Å². The van der Waals surface area contributed by atoms with Crippen molar-refractivity contribution in [2.75, 3.05) is 0 Å². The summed E-state index contributed by atoms with van der Waals surface area (Å²) >= 11 is 1.88. The SMILES string of the molecule is Cc1ccc2nc(C(F)(F)Oc3ccc(-c4ccc5nc(-c6cc(F)c(F)c(F)c6)sc5c4)c(F)c3)sc2c1. The van der Waals surface area contributed by atoms with Crippen molar-refractivity contribution in [2.24, 2.45) is 0 Å². The highest BCUT2D eigenvalue weighted by molar-refractivity contribution is 7.21. The van der Waals surface area contributed by atoms with E-state index >= 15 is 4.39 Å². The first kappa shape index (κ1) is 25.3. The van der Waals surface area contributed by atoms with Gasteiger partial charge in [0, 0.05) is 17.2 Å². The molecule has 0 amide bonds. The van der Waals surface area contributed by atoms with Gasteiger partial charge in [0.2, 0.25) is 5.01 Å². The van der Waals surface area contributed by atoms with Gasteiger partial charge in [0.05, 0.1) is 20.4 Å². The quantitative estimate of drug-likeness (QED) is 0.153. The van der Waals surface area contributed by atoms with Crippen LogP contribution in [0.3, 0.4) is 0 Å². The Kier molecular flexibility index (Phi) is 6.07. The highest BCUT2D eigenvalue weighted by Crippen LogP contribution is 2.39. The Morgan fingerprint density at radius 3 is 2.13 bits per heavy atom. The molecule has 4 aromatic carbocycles. The summed E-state index contributed by atoms with van der Waals surface area (Å²) in [5.74, 6) is -5.41. The zero-order chi connectivity index (χ0) is 27.5. The van der Waals surface area contributed by atoms with Crippen LogP contribution < -0.4 is 4.74 Å². The van der Waals surface area contributed by atoms with Gasteiger partial charge in [-0.3, -0.25) is 0 Å². The van der Waals surface area contributed by atoms with Crippen molar-refractivity contribution in [3.8, 4) is 27.4 Å². The van der Waals surface area contributed by atoms with Gasteiger partial charge in [-0.2, -0.15) is 8.78 Å². The molecule has 11 heteroatoms. The van der Waals surface area contributed by atoms with E-state index in [9.17, 15) is 22.0 Å². The minimum absolute atomic E-state index is 0.0611. The van der Waals surface area contributed by atoms with Gasteiger partial charge in [0.25, 0.3) is 0 Å². The van der Waals surface area contributed by atoms with Crippen molar-refractivity contribution >= 4 is 43.1 Å². The maximum absolute atomic E-state index is 15.1. The van der Waals surface area contributed by atoms with E-state index in [1.165, 1.54) is 12.1 Å². The van der Waals surface area contributed by atoms with Gasteiger partial charge in [-0.05, 0) is 66.6 Å². The number of hydrogen-bond acceptors (Lipinski definition) is 5. The topological polar surface area (TPSA) is 35.0 Å². The van der Waals surface area contributed by atoms with Gasteiger partial charge >= 0.3 is 6.11 Å². The van der Waals surface area contributed by atoms with Crippen molar-refractivity contribution in [1.29, 1.82) is 0 Å². The van der Waals surface area contributed by atoms with Gasteiger partial charge in [0.15, 0.2) is 17.5 Å². The fraction of sp³-hybridized carbons (Fsp3) is 0.0714. The van der Waals surface area contributed by atoms with Crippen LogP contribution >= 0.6 is 22.7 Å². The molecule has 0 spiro atoms. The van der Waals surface area contributed by atoms with E-state index in [0.717, 1.165) is 46.4 Å². The molecule has 0 saturated carbocycles. The van der Waals surface area contributed by atoms with E-state index in [0.29, 0.717) is 26.0 Å². The third-order valence-corrected chi connectivity index (χ3v) is 8.05. The fourth-order valence-corrected chi connectivity index (χ4v) is 6.00. The Morgan fingerprint density at radius 1 is 0.692 bits per heavy atom. The number of aromatic nitrogens is 2. The van der Waals surface area contributed by atoms with Crippen LogP contribution in [0.4, 0.5) is 26.3 Å². The van der Waals surface area contributed by atoms with Crippen molar-refractivity contribution in [1.82, 2.24) is 9.97 Å². The molecule has 0 radical (unpaired) electrons. The van der Waals surface area contributed by atoms with Crippen molar-refractivity contribution in [3.63, 3.8) is 0 Å². The third-order valence-electron chi connectivity index (χ3n) is 5.91. The van der Waals surface area contributed by atoms with Crippen LogP contribution in [0.2, 0.25) is 0 Å². The standard InChI is InChI=1S/C28H14F6N2OS2/c1-13-2-6-22-23(8-13)39-27(36-22)28(33,34)37-16-4-5-17(18(29)12-16)14-3-7-21-24(11-14)38-26(35-21)15-9-19(30)25(32)20(31)10-15/h2-12H,1H3. The molecule has 196 valence electrons. The lowest BCUT2D eigenvalue weighted by Gasteiger charge is -2.16. The lowest BCUT2D eigenvalue weighted by atomic mass is 10.0. The molecule has 39 heavy (non-hydrogen) atoms. The number of rotatable bonds is 5. The molecule has 2 aromatic heterocycles. The normalized spacial score (nSPS) is 12.0. The van der Waals surface area contributed by atoms with Gasteiger partial charge in [0.1, 0.15) is 16.6 Å². The van der Waals surface area contributed by atoms with Crippen LogP contribution in [-0.4, -0.2) is 9.97 Å². The minimum atomic E-state index is -3.78. The lowest BCUT2D eigenvalue weighted by Crippen LogP contribution is -2.21. The Balaban J connectivity index is 1.28. The van der Waals surface area contributed by atoms with Gasteiger partial charge < -0.3 is 4.74 Å². The number of benzene rings is 4. The Labute approximate surface area is 225 Å². The molecule has 0 aliphatic heterocycles. The van der Waals surface area contributed by atoms with Gasteiger partial charge in [-0.1, -0.05) is 12.1 Å². The first-order chi connectivity index (χ1) is 18.6. The molecule has 0 bridgehead atoms. The molecule has 3 nitrogen and oxygen atoms in total. The molecule has 0 N–H and O–H groups in total. The summed E-state index contributed by atoms with van der Waals surface area (Å²) in [6.07, 6.45) is -3.78. The maximum Gasteiger partial charge on any atom is 0.454 e. The monoisotopic (exact) mass is 572 g/mol. The van der Waals surface area contributed by atoms with E-state index in [-0.39, 0.29) is 21.9 Å². The lowest BCUT2D eigenvalue weighted by molar-refractivity contribution is -0.185. The van der Waals surface area contributed by atoms with Crippen molar-refractivity contribution in [3.05, 3.63) is 101 Å². The van der Waals surface area contributed by atoms with Crippen LogP contribution in [0.5, 0.6) is 5.75 Å². The van der Waals surface area contributed by atoms with Crippen LogP contribution in [0, 0.1) is 30.2 Å². The number of thiazole rings is 2. The predicted octanol–water partition coefficient (Wildman–Crippen LogP) is 9.23. The molecule has 6 rings (SSSR count). The van der Waals surface area contributed by atoms with E-state index in [2.05, 4.69) is 9.97 Å². The van der Waals surface area contributed by atoms with Crippen molar-refractivity contribution in [2.45, 2.75) is 13.0 Å². The number of ether oxygens (including phenoxy) is 1. The summed E-state index contributed by atoms with van der Waals surface area (Å²) in [6.45, 7) is 1.84. The highest BCUT2D eigenvalue weighted by Gasteiger charge is 2.39. The van der Waals surface area contributed by atoms with Crippen LogP contribution in [0.25, 0.3) is 42.1 Å².